The number of fused-ring (bicyclic) bond motifs is 13. The first-order chi connectivity index (χ1) is 24.8. The normalized spacial score (nSPS) is 12.0. The molecule has 0 atom stereocenters. The van der Waals surface area contributed by atoms with Crippen molar-refractivity contribution in [2.75, 3.05) is 0 Å². The maximum Gasteiger partial charge on any atom is 0.238 e. The summed E-state index contributed by atoms with van der Waals surface area (Å²) in [6.45, 7) is 0. The zero-order chi connectivity index (χ0) is 32.8. The van der Waals surface area contributed by atoms with Crippen LogP contribution in [-0.2, 0) is 0 Å². The molecule has 8 aromatic carbocycles. The van der Waals surface area contributed by atoms with Crippen LogP contribution >= 0.6 is 11.3 Å². The monoisotopic (exact) mass is 654 g/mol. The summed E-state index contributed by atoms with van der Waals surface area (Å²) < 4.78 is 4.75. The molecular weight excluding hydrogens is 629 g/mol. The predicted molar refractivity (Wildman–Crippen MR) is 210 cm³/mol. The molecule has 11 aromatic rings. The van der Waals surface area contributed by atoms with Crippen molar-refractivity contribution in [2.45, 2.75) is 0 Å². The maximum absolute atomic E-state index is 5.41. The van der Waals surface area contributed by atoms with Crippen LogP contribution in [0.3, 0.4) is 0 Å². The van der Waals surface area contributed by atoms with Gasteiger partial charge in [0.1, 0.15) is 0 Å². The molecule has 232 valence electrons. The largest absolute Gasteiger partial charge is 0.277 e. The summed E-state index contributed by atoms with van der Waals surface area (Å²) >= 11 is 1.82. The minimum absolute atomic E-state index is 0.598. The first kappa shape index (κ1) is 27.5. The number of hydrogen-bond acceptors (Lipinski definition) is 4. The van der Waals surface area contributed by atoms with E-state index in [1.165, 1.54) is 52.5 Å². The van der Waals surface area contributed by atoms with Crippen molar-refractivity contribution in [1.82, 2.24) is 19.5 Å². The van der Waals surface area contributed by atoms with Crippen LogP contribution in [0.2, 0.25) is 0 Å². The second-order valence-corrected chi connectivity index (χ2v) is 13.8. The van der Waals surface area contributed by atoms with Crippen LogP contribution < -0.4 is 0 Å². The summed E-state index contributed by atoms with van der Waals surface area (Å²) in [5, 5.41) is 12.1. The quantitative estimate of drug-likeness (QED) is 0.178. The van der Waals surface area contributed by atoms with Crippen LogP contribution in [0.1, 0.15) is 0 Å². The van der Waals surface area contributed by atoms with Gasteiger partial charge in [0.05, 0.1) is 11.0 Å². The van der Waals surface area contributed by atoms with Crippen LogP contribution in [0.4, 0.5) is 0 Å². The molecule has 0 aliphatic heterocycles. The second-order valence-electron chi connectivity index (χ2n) is 12.8. The van der Waals surface area contributed by atoms with E-state index in [1.54, 1.807) is 0 Å². The van der Waals surface area contributed by atoms with E-state index in [0.717, 1.165) is 32.9 Å². The molecule has 0 aliphatic rings. The van der Waals surface area contributed by atoms with Crippen molar-refractivity contribution in [3.8, 4) is 28.7 Å². The van der Waals surface area contributed by atoms with E-state index in [0.29, 0.717) is 17.6 Å². The summed E-state index contributed by atoms with van der Waals surface area (Å²) in [4.78, 5) is 15.9. The molecule has 0 spiro atoms. The lowest BCUT2D eigenvalue weighted by atomic mass is 9.97. The fourth-order valence-electron chi connectivity index (χ4n) is 7.91. The summed E-state index contributed by atoms with van der Waals surface area (Å²) in [5.74, 6) is 1.89. The number of nitrogens with zero attached hydrogens (tertiary/aromatic N) is 4. The number of para-hydroxylation sites is 1. The topological polar surface area (TPSA) is 43.6 Å². The highest BCUT2D eigenvalue weighted by atomic mass is 32.1. The highest BCUT2D eigenvalue weighted by Gasteiger charge is 2.23. The van der Waals surface area contributed by atoms with Crippen molar-refractivity contribution in [1.29, 1.82) is 0 Å². The van der Waals surface area contributed by atoms with Gasteiger partial charge in [0.2, 0.25) is 5.95 Å². The summed E-state index contributed by atoms with van der Waals surface area (Å²) in [6.07, 6.45) is 0. The van der Waals surface area contributed by atoms with Gasteiger partial charge in [-0.15, -0.1) is 11.3 Å². The highest BCUT2D eigenvalue weighted by Crippen LogP contribution is 2.44. The number of hydrogen-bond donors (Lipinski definition) is 0. The standard InChI is InChI=1S/C45H26N4S/c1-2-14-27(15-3-1)43-46-44(36-26-39-40(31-19-7-5-18-30(31)36)35-23-11-13-25-38(35)50-39)48-45(47-43)49-37-24-12-10-22-34(37)41-32-20-8-4-16-28(32)29-17-6-9-21-33(29)42(41)49/h1-26H. The van der Waals surface area contributed by atoms with E-state index < -0.39 is 0 Å². The van der Waals surface area contributed by atoms with Crippen LogP contribution in [0.25, 0.3) is 103 Å². The van der Waals surface area contributed by atoms with E-state index in [9.17, 15) is 0 Å². The summed E-state index contributed by atoms with van der Waals surface area (Å²) in [7, 11) is 0. The Morgan fingerprint density at radius 2 is 0.960 bits per heavy atom. The molecule has 0 N–H and O–H groups in total. The smallest absolute Gasteiger partial charge is 0.238 e. The Balaban J connectivity index is 1.30. The third kappa shape index (κ3) is 3.89. The average Bonchev–Trinajstić information content (AvgIpc) is 3.75. The zero-order valence-corrected chi connectivity index (χ0v) is 27.5. The lowest BCUT2D eigenvalue weighted by molar-refractivity contribution is 0.956. The molecule has 50 heavy (non-hydrogen) atoms. The number of benzene rings is 8. The van der Waals surface area contributed by atoms with Gasteiger partial charge >= 0.3 is 0 Å². The second kappa shape index (κ2) is 10.5. The summed E-state index contributed by atoms with van der Waals surface area (Å²) in [5.41, 5.74) is 4.10. The van der Waals surface area contributed by atoms with Gasteiger partial charge in [-0.25, -0.2) is 4.98 Å². The maximum atomic E-state index is 5.41. The van der Waals surface area contributed by atoms with Crippen LogP contribution in [0.5, 0.6) is 0 Å². The molecule has 0 unspecified atom stereocenters. The molecule has 5 heteroatoms. The Labute approximate surface area is 290 Å². The van der Waals surface area contributed by atoms with Gasteiger partial charge in [-0.3, -0.25) is 4.57 Å². The molecule has 0 aliphatic carbocycles. The molecule has 3 heterocycles. The third-order valence-electron chi connectivity index (χ3n) is 10.0. The van der Waals surface area contributed by atoms with Gasteiger partial charge in [-0.1, -0.05) is 140 Å². The van der Waals surface area contributed by atoms with Crippen LogP contribution in [0.15, 0.2) is 158 Å². The fraction of sp³-hybridized carbons (Fsp3) is 0. The molecule has 3 aromatic heterocycles. The van der Waals surface area contributed by atoms with Gasteiger partial charge in [-0.2, -0.15) is 9.97 Å². The van der Waals surface area contributed by atoms with Gasteiger partial charge in [0.25, 0.3) is 0 Å². The Kier molecular flexibility index (Phi) is 5.80. The van der Waals surface area contributed by atoms with E-state index in [4.69, 9.17) is 15.0 Å². The number of rotatable bonds is 3. The first-order valence-corrected chi connectivity index (χ1v) is 17.6. The number of thiophene rings is 1. The average molecular weight is 655 g/mol. The molecular formula is C45H26N4S. The molecule has 11 rings (SSSR count). The van der Waals surface area contributed by atoms with Crippen molar-refractivity contribution in [3.63, 3.8) is 0 Å². The molecule has 0 bridgehead atoms. The molecule has 0 amide bonds. The molecule has 0 saturated carbocycles. The minimum atomic E-state index is 0.598. The van der Waals surface area contributed by atoms with E-state index >= 15 is 0 Å². The van der Waals surface area contributed by atoms with Gasteiger partial charge in [0.15, 0.2) is 11.6 Å². The fourth-order valence-corrected chi connectivity index (χ4v) is 9.07. The summed E-state index contributed by atoms with van der Waals surface area (Å²) in [6, 6.07) is 55.9. The van der Waals surface area contributed by atoms with Crippen molar-refractivity contribution < 1.29 is 0 Å². The Morgan fingerprint density at radius 3 is 1.74 bits per heavy atom. The zero-order valence-electron chi connectivity index (χ0n) is 26.7. The predicted octanol–water partition coefficient (Wildman–Crippen LogP) is 12.1. The van der Waals surface area contributed by atoms with E-state index in [1.807, 2.05) is 29.5 Å². The van der Waals surface area contributed by atoms with Crippen LogP contribution in [-0.4, -0.2) is 19.5 Å². The highest BCUT2D eigenvalue weighted by molar-refractivity contribution is 7.26. The third-order valence-corrected chi connectivity index (χ3v) is 11.1. The lowest BCUT2D eigenvalue weighted by Gasteiger charge is -2.14. The molecule has 4 nitrogen and oxygen atoms in total. The van der Waals surface area contributed by atoms with Gasteiger partial charge < -0.3 is 0 Å². The Morgan fingerprint density at radius 1 is 0.400 bits per heavy atom. The van der Waals surface area contributed by atoms with Crippen molar-refractivity contribution in [2.24, 2.45) is 0 Å². The Bertz CT molecular complexity index is 3160. The van der Waals surface area contributed by atoms with E-state index in [2.05, 4.69) is 144 Å². The SMILES string of the molecule is c1ccc(-c2nc(-c3cc4sc5ccccc5c4c4ccccc34)nc(-n3c4ccccc4c4c5ccccc5c5ccccc5c43)n2)cc1. The number of aromatic nitrogens is 4. The van der Waals surface area contributed by atoms with E-state index in [-0.39, 0.29) is 0 Å². The van der Waals surface area contributed by atoms with Crippen LogP contribution in [0, 0.1) is 0 Å². The van der Waals surface area contributed by atoms with Gasteiger partial charge in [0, 0.05) is 47.5 Å². The molecule has 0 fully saturated rings. The first-order valence-electron chi connectivity index (χ1n) is 16.8. The van der Waals surface area contributed by atoms with Gasteiger partial charge in [-0.05, 0) is 45.1 Å². The minimum Gasteiger partial charge on any atom is -0.277 e. The molecule has 0 radical (unpaired) electrons. The lowest BCUT2D eigenvalue weighted by Crippen LogP contribution is -2.07. The van der Waals surface area contributed by atoms with Crippen molar-refractivity contribution >= 4 is 85.6 Å². The van der Waals surface area contributed by atoms with Crippen molar-refractivity contribution in [3.05, 3.63) is 158 Å². The Hall–Kier alpha value is -6.43. The molecule has 0 saturated heterocycles.